The molecule has 0 atom stereocenters. The van der Waals surface area contributed by atoms with Gasteiger partial charge in [0.15, 0.2) is 17.5 Å². The first-order chi connectivity index (χ1) is 26.1. The van der Waals surface area contributed by atoms with E-state index in [9.17, 15) is 52.7 Å². The van der Waals surface area contributed by atoms with Gasteiger partial charge in [0.05, 0.1) is 33.6 Å². The number of nitrogen functional groups attached to an aromatic ring is 2. The van der Waals surface area contributed by atoms with E-state index in [0.29, 0.717) is 41.0 Å². The highest BCUT2D eigenvalue weighted by Crippen LogP contribution is 2.46. The van der Waals surface area contributed by atoms with Crippen molar-refractivity contribution in [1.29, 1.82) is 0 Å². The lowest BCUT2D eigenvalue weighted by molar-refractivity contribution is -0.143. The van der Waals surface area contributed by atoms with E-state index in [1.165, 1.54) is 48.5 Å². The lowest BCUT2D eigenvalue weighted by Crippen LogP contribution is -2.16. The molecule has 5 aromatic carbocycles. The Balaban J connectivity index is 1.32. The van der Waals surface area contributed by atoms with Crippen LogP contribution in [0, 0.1) is 0 Å². The Morgan fingerprint density at radius 2 is 0.625 bits per heavy atom. The highest BCUT2D eigenvalue weighted by molar-refractivity contribution is 5.68. The molecule has 6 rings (SSSR count). The van der Waals surface area contributed by atoms with Crippen molar-refractivity contribution in [3.63, 3.8) is 0 Å². The Hall–Kier alpha value is -6.53. The molecule has 0 saturated carbocycles. The van der Waals surface area contributed by atoms with E-state index in [2.05, 4.69) is 15.0 Å². The van der Waals surface area contributed by atoms with Crippen LogP contribution in [-0.2, 0) is 24.7 Å². The Bertz CT molecular complexity index is 2160. The summed E-state index contributed by atoms with van der Waals surface area (Å²) in [6.45, 7) is 0. The molecule has 0 aliphatic heterocycles. The highest BCUT2D eigenvalue weighted by Gasteiger charge is 2.42. The van der Waals surface area contributed by atoms with Crippen molar-refractivity contribution in [2.24, 2.45) is 0 Å². The summed E-state index contributed by atoms with van der Waals surface area (Å²) in [5.41, 5.74) is 1.57. The van der Waals surface area contributed by atoms with E-state index in [4.69, 9.17) is 20.9 Å². The van der Waals surface area contributed by atoms with Crippen LogP contribution in [0.1, 0.15) is 22.3 Å². The third-order valence-electron chi connectivity index (χ3n) is 7.89. The average Bonchev–Trinajstić information content (AvgIpc) is 3.12. The van der Waals surface area contributed by atoms with Gasteiger partial charge in [0.25, 0.3) is 0 Å². The predicted molar refractivity (Wildman–Crippen MR) is 178 cm³/mol. The predicted octanol–water partition coefficient (Wildman–Crippen LogP) is 11.7. The van der Waals surface area contributed by atoms with Crippen molar-refractivity contribution in [3.8, 4) is 57.2 Å². The molecular formula is C37H21F12N5O2. The molecule has 1 heterocycles. The molecule has 290 valence electrons. The molecule has 0 saturated heterocycles. The van der Waals surface area contributed by atoms with Crippen molar-refractivity contribution in [1.82, 2.24) is 15.0 Å². The SMILES string of the molecule is Nc1c(C(F)(F)F)cc(Oc2ccc(-c3nc(-c4ccccc4)nc(-c4ccc(Oc5cc(C(F)(F)F)c(N)c(C(F)(F)F)c5)cc4)n3)cc2)cc1C(F)(F)F. The fourth-order valence-electron chi connectivity index (χ4n) is 5.28. The van der Waals surface area contributed by atoms with Crippen LogP contribution in [-0.4, -0.2) is 15.0 Å². The van der Waals surface area contributed by atoms with Crippen molar-refractivity contribution >= 4 is 11.4 Å². The maximum absolute atomic E-state index is 13.5. The van der Waals surface area contributed by atoms with E-state index in [0.717, 1.165) is 0 Å². The summed E-state index contributed by atoms with van der Waals surface area (Å²) in [7, 11) is 0. The van der Waals surface area contributed by atoms with Crippen LogP contribution in [0.2, 0.25) is 0 Å². The molecule has 0 aliphatic rings. The Labute approximate surface area is 307 Å². The number of benzene rings is 5. The summed E-state index contributed by atoms with van der Waals surface area (Å²) in [5, 5.41) is 0. The molecule has 1 aromatic heterocycles. The van der Waals surface area contributed by atoms with Crippen LogP contribution in [0.5, 0.6) is 23.0 Å². The molecule has 0 fully saturated rings. The second-order valence-electron chi connectivity index (χ2n) is 11.8. The number of anilines is 2. The lowest BCUT2D eigenvalue weighted by atomic mass is 10.1. The van der Waals surface area contributed by atoms with Crippen LogP contribution in [0.15, 0.2) is 103 Å². The summed E-state index contributed by atoms with van der Waals surface area (Å²) in [4.78, 5) is 13.5. The molecule has 0 aliphatic carbocycles. The molecule has 0 unspecified atom stereocenters. The number of rotatable bonds is 7. The van der Waals surface area contributed by atoms with Crippen LogP contribution >= 0.6 is 0 Å². The Morgan fingerprint density at radius 3 is 0.893 bits per heavy atom. The number of nitrogens with zero attached hydrogens (tertiary/aromatic N) is 3. The highest BCUT2D eigenvalue weighted by atomic mass is 19.4. The zero-order valence-corrected chi connectivity index (χ0v) is 27.7. The van der Waals surface area contributed by atoms with E-state index in [-0.39, 0.29) is 29.0 Å². The quantitative estimate of drug-likeness (QED) is 0.122. The Kier molecular flexibility index (Phi) is 9.99. The summed E-state index contributed by atoms with van der Waals surface area (Å²) < 4.78 is 173. The van der Waals surface area contributed by atoms with Crippen LogP contribution in [0.3, 0.4) is 0 Å². The minimum absolute atomic E-state index is 0.0492. The minimum atomic E-state index is -5.22. The molecular weight excluding hydrogens is 774 g/mol. The van der Waals surface area contributed by atoms with Gasteiger partial charge in [-0.3, -0.25) is 0 Å². The van der Waals surface area contributed by atoms with Gasteiger partial charge in [-0.25, -0.2) is 15.0 Å². The normalized spacial score (nSPS) is 12.4. The zero-order chi connectivity index (χ0) is 40.8. The number of alkyl halides is 12. The summed E-state index contributed by atoms with van der Waals surface area (Å²) in [6.07, 6.45) is -20.9. The Morgan fingerprint density at radius 1 is 0.357 bits per heavy atom. The molecule has 4 N–H and O–H groups in total. The number of halogens is 12. The monoisotopic (exact) mass is 795 g/mol. The number of hydrogen-bond donors (Lipinski definition) is 2. The molecule has 0 radical (unpaired) electrons. The van der Waals surface area contributed by atoms with Crippen molar-refractivity contribution in [3.05, 3.63) is 125 Å². The minimum Gasteiger partial charge on any atom is -0.457 e. The van der Waals surface area contributed by atoms with Crippen molar-refractivity contribution in [2.45, 2.75) is 24.7 Å². The van der Waals surface area contributed by atoms with Crippen LogP contribution in [0.4, 0.5) is 64.1 Å². The van der Waals surface area contributed by atoms with Crippen LogP contribution < -0.4 is 20.9 Å². The first kappa shape index (κ1) is 39.2. The third-order valence-corrected chi connectivity index (χ3v) is 7.89. The van der Waals surface area contributed by atoms with Crippen LogP contribution in [0.25, 0.3) is 34.2 Å². The maximum Gasteiger partial charge on any atom is 0.418 e. The largest absolute Gasteiger partial charge is 0.457 e. The molecule has 0 spiro atoms. The van der Waals surface area contributed by atoms with E-state index < -0.39 is 69.8 Å². The van der Waals surface area contributed by atoms with Gasteiger partial charge in [-0.15, -0.1) is 0 Å². The average molecular weight is 796 g/mol. The number of nitrogens with two attached hydrogens (primary N) is 2. The second kappa shape index (κ2) is 14.3. The molecule has 0 amide bonds. The van der Waals surface area contributed by atoms with Gasteiger partial charge in [0.1, 0.15) is 23.0 Å². The first-order valence-electron chi connectivity index (χ1n) is 15.6. The van der Waals surface area contributed by atoms with Gasteiger partial charge in [0, 0.05) is 16.7 Å². The fourth-order valence-corrected chi connectivity index (χ4v) is 5.28. The molecule has 6 aromatic rings. The fraction of sp³-hybridized carbons (Fsp3) is 0.108. The second-order valence-corrected chi connectivity index (χ2v) is 11.8. The van der Waals surface area contributed by atoms with E-state index in [1.54, 1.807) is 30.3 Å². The van der Waals surface area contributed by atoms with Gasteiger partial charge in [-0.2, -0.15) is 52.7 Å². The molecule has 56 heavy (non-hydrogen) atoms. The first-order valence-corrected chi connectivity index (χ1v) is 15.6. The topological polar surface area (TPSA) is 109 Å². The van der Waals surface area contributed by atoms with Gasteiger partial charge < -0.3 is 20.9 Å². The number of hydrogen-bond acceptors (Lipinski definition) is 7. The zero-order valence-electron chi connectivity index (χ0n) is 27.7. The van der Waals surface area contributed by atoms with E-state index >= 15 is 0 Å². The maximum atomic E-state index is 13.5. The van der Waals surface area contributed by atoms with E-state index in [1.807, 2.05) is 0 Å². The van der Waals surface area contributed by atoms with Gasteiger partial charge in [-0.1, -0.05) is 30.3 Å². The van der Waals surface area contributed by atoms with Gasteiger partial charge in [-0.05, 0) is 72.8 Å². The molecule has 7 nitrogen and oxygen atoms in total. The third kappa shape index (κ3) is 8.55. The summed E-state index contributed by atoms with van der Waals surface area (Å²) in [5.74, 6) is -1.62. The summed E-state index contributed by atoms with van der Waals surface area (Å²) in [6, 6.07) is 20.4. The van der Waals surface area contributed by atoms with Gasteiger partial charge >= 0.3 is 24.7 Å². The molecule has 0 bridgehead atoms. The number of aromatic nitrogens is 3. The number of ether oxygens (including phenoxy) is 2. The molecule has 19 heteroatoms. The van der Waals surface area contributed by atoms with Crippen molar-refractivity contribution in [2.75, 3.05) is 11.5 Å². The van der Waals surface area contributed by atoms with Crippen molar-refractivity contribution < 1.29 is 62.2 Å². The lowest BCUT2D eigenvalue weighted by Gasteiger charge is -2.18. The summed E-state index contributed by atoms with van der Waals surface area (Å²) >= 11 is 0. The smallest absolute Gasteiger partial charge is 0.418 e. The van der Waals surface area contributed by atoms with Gasteiger partial charge in [0.2, 0.25) is 0 Å². The standard InChI is InChI=1S/C37H21F12N5O2/c38-34(39,40)25-14-23(15-26(29(25)50)35(41,42)43)55-21-10-6-19(7-11-21)32-52-31(18-4-2-1-3-5-18)53-33(54-32)20-8-12-22(13-9-20)56-24-16-27(36(44,45)46)30(51)28(17-24)37(47,48)49/h1-17H,50-51H2.